The number of carbonyl (C=O) groups excluding carboxylic acids is 2. The van der Waals surface area contributed by atoms with Crippen molar-refractivity contribution in [3.63, 3.8) is 0 Å². The number of ether oxygens (including phenoxy) is 2. The molecule has 8 heteroatoms. The SMILES string of the molecule is CC(OCc1ccccc1)C(NC(=O)[C@H](C)NC(=O)OCC1c2ccccc2-c2ccccc21)C(=O)O. The van der Waals surface area contributed by atoms with E-state index in [0.29, 0.717) is 0 Å². The summed E-state index contributed by atoms with van der Waals surface area (Å²) in [5, 5.41) is 14.5. The lowest BCUT2D eigenvalue weighted by Crippen LogP contribution is -2.54. The standard InChI is InChI=1S/C29H30N2O6/c1-18(27(32)31-26(28(33)34)19(2)36-16-20-10-4-3-5-11-20)30-29(35)37-17-25-23-14-8-6-12-21(23)22-13-7-9-15-24(22)25/h3-15,18-19,25-26H,16-17H2,1-2H3,(H,30,35)(H,31,32)(H,33,34)/t18-,19?,26?/m0/s1. The van der Waals surface area contributed by atoms with Crippen LogP contribution in [0.15, 0.2) is 78.9 Å². The Morgan fingerprint density at radius 2 is 1.41 bits per heavy atom. The lowest BCUT2D eigenvalue weighted by Gasteiger charge is -2.24. The third-order valence-corrected chi connectivity index (χ3v) is 6.46. The molecule has 2 unspecified atom stereocenters. The first-order chi connectivity index (χ1) is 17.8. The molecule has 3 aromatic rings. The van der Waals surface area contributed by atoms with Gasteiger partial charge in [0.25, 0.3) is 0 Å². The van der Waals surface area contributed by atoms with Crippen molar-refractivity contribution in [1.82, 2.24) is 10.6 Å². The Morgan fingerprint density at radius 1 is 0.838 bits per heavy atom. The largest absolute Gasteiger partial charge is 0.480 e. The van der Waals surface area contributed by atoms with E-state index < -0.39 is 36.2 Å². The van der Waals surface area contributed by atoms with E-state index in [1.165, 1.54) is 6.92 Å². The summed E-state index contributed by atoms with van der Waals surface area (Å²) in [6, 6.07) is 23.0. The van der Waals surface area contributed by atoms with E-state index in [2.05, 4.69) is 10.6 Å². The van der Waals surface area contributed by atoms with Crippen LogP contribution in [-0.2, 0) is 25.7 Å². The van der Waals surface area contributed by atoms with Crippen molar-refractivity contribution in [3.8, 4) is 11.1 Å². The second-order valence-corrected chi connectivity index (χ2v) is 9.02. The molecule has 192 valence electrons. The highest BCUT2D eigenvalue weighted by atomic mass is 16.5. The van der Waals surface area contributed by atoms with Gasteiger partial charge in [-0.1, -0.05) is 78.9 Å². The van der Waals surface area contributed by atoms with E-state index in [1.807, 2.05) is 78.9 Å². The molecule has 8 nitrogen and oxygen atoms in total. The van der Waals surface area contributed by atoms with Gasteiger partial charge in [0.2, 0.25) is 5.91 Å². The number of fused-ring (bicyclic) bond motifs is 3. The number of carbonyl (C=O) groups is 3. The van der Waals surface area contributed by atoms with Crippen molar-refractivity contribution in [2.24, 2.45) is 0 Å². The Hall–Kier alpha value is -4.17. The number of alkyl carbamates (subject to hydrolysis) is 1. The monoisotopic (exact) mass is 502 g/mol. The summed E-state index contributed by atoms with van der Waals surface area (Å²) < 4.78 is 11.1. The molecular weight excluding hydrogens is 472 g/mol. The van der Waals surface area contributed by atoms with Gasteiger partial charge in [-0.2, -0.15) is 0 Å². The van der Waals surface area contributed by atoms with E-state index in [-0.39, 0.29) is 19.1 Å². The lowest BCUT2D eigenvalue weighted by atomic mass is 9.98. The fourth-order valence-corrected chi connectivity index (χ4v) is 4.44. The summed E-state index contributed by atoms with van der Waals surface area (Å²) in [5.74, 6) is -2.00. The van der Waals surface area contributed by atoms with Crippen molar-refractivity contribution in [1.29, 1.82) is 0 Å². The zero-order chi connectivity index (χ0) is 26.4. The first kappa shape index (κ1) is 25.9. The molecule has 1 aliphatic rings. The van der Waals surface area contributed by atoms with E-state index in [0.717, 1.165) is 27.8 Å². The average molecular weight is 503 g/mol. The van der Waals surface area contributed by atoms with Crippen LogP contribution in [0.1, 0.15) is 36.5 Å². The van der Waals surface area contributed by atoms with Crippen LogP contribution >= 0.6 is 0 Å². The quantitative estimate of drug-likeness (QED) is 0.385. The minimum absolute atomic E-state index is 0.107. The Balaban J connectivity index is 1.30. The van der Waals surface area contributed by atoms with Gasteiger partial charge in [0.05, 0.1) is 12.7 Å². The van der Waals surface area contributed by atoms with Gasteiger partial charge in [0.15, 0.2) is 6.04 Å². The lowest BCUT2D eigenvalue weighted by molar-refractivity contribution is -0.146. The normalized spacial score (nSPS) is 14.5. The van der Waals surface area contributed by atoms with E-state index in [4.69, 9.17) is 9.47 Å². The zero-order valence-electron chi connectivity index (χ0n) is 20.7. The molecule has 0 aromatic heterocycles. The Morgan fingerprint density at radius 3 is 2.00 bits per heavy atom. The van der Waals surface area contributed by atoms with Gasteiger partial charge in [0.1, 0.15) is 12.6 Å². The fraction of sp³-hybridized carbons (Fsp3) is 0.276. The van der Waals surface area contributed by atoms with Crippen molar-refractivity contribution < 1.29 is 29.0 Å². The minimum Gasteiger partial charge on any atom is -0.480 e. The van der Waals surface area contributed by atoms with Gasteiger partial charge in [-0.25, -0.2) is 9.59 Å². The van der Waals surface area contributed by atoms with Crippen LogP contribution in [-0.4, -0.2) is 47.9 Å². The Bertz CT molecular complexity index is 1220. The smallest absolute Gasteiger partial charge is 0.407 e. The fourth-order valence-electron chi connectivity index (χ4n) is 4.44. The van der Waals surface area contributed by atoms with Crippen LogP contribution in [0, 0.1) is 0 Å². The van der Waals surface area contributed by atoms with Crippen molar-refractivity contribution in [2.75, 3.05) is 6.61 Å². The molecule has 3 N–H and O–H groups in total. The maximum atomic E-state index is 12.7. The van der Waals surface area contributed by atoms with Crippen LogP contribution in [0.3, 0.4) is 0 Å². The molecule has 0 aliphatic heterocycles. The number of nitrogens with one attached hydrogen (secondary N) is 2. The summed E-state index contributed by atoms with van der Waals surface area (Å²) in [6.07, 6.45) is -1.56. The summed E-state index contributed by atoms with van der Waals surface area (Å²) in [6.45, 7) is 3.35. The number of carboxylic acids is 1. The van der Waals surface area contributed by atoms with E-state index in [1.54, 1.807) is 6.92 Å². The van der Waals surface area contributed by atoms with Gasteiger partial charge < -0.3 is 25.2 Å². The number of hydrogen-bond donors (Lipinski definition) is 3. The summed E-state index contributed by atoms with van der Waals surface area (Å²) >= 11 is 0. The third kappa shape index (κ3) is 6.16. The van der Waals surface area contributed by atoms with Crippen LogP contribution in [0.2, 0.25) is 0 Å². The Labute approximate surface area is 215 Å². The number of aliphatic carboxylic acids is 1. The molecule has 2 amide bonds. The molecular formula is C29H30N2O6. The molecule has 1 aliphatic carbocycles. The molecule has 0 radical (unpaired) electrons. The van der Waals surface area contributed by atoms with Crippen molar-refractivity contribution >= 4 is 18.0 Å². The van der Waals surface area contributed by atoms with Gasteiger partial charge >= 0.3 is 12.1 Å². The minimum atomic E-state index is -1.29. The summed E-state index contributed by atoms with van der Waals surface area (Å²) in [5.41, 5.74) is 5.27. The number of carboxylic acid groups (broad SMARTS) is 1. The van der Waals surface area contributed by atoms with E-state index in [9.17, 15) is 19.5 Å². The summed E-state index contributed by atoms with van der Waals surface area (Å²) in [4.78, 5) is 36.9. The van der Waals surface area contributed by atoms with Crippen LogP contribution in [0.4, 0.5) is 4.79 Å². The highest BCUT2D eigenvalue weighted by Crippen LogP contribution is 2.44. The second kappa shape index (κ2) is 11.7. The predicted molar refractivity (Wildman–Crippen MR) is 138 cm³/mol. The van der Waals surface area contributed by atoms with Gasteiger partial charge in [0, 0.05) is 5.92 Å². The Kier molecular flexibility index (Phi) is 8.20. The summed E-state index contributed by atoms with van der Waals surface area (Å²) in [7, 11) is 0. The number of rotatable bonds is 10. The topological polar surface area (TPSA) is 114 Å². The average Bonchev–Trinajstić information content (AvgIpc) is 3.23. The van der Waals surface area contributed by atoms with Crippen LogP contribution < -0.4 is 10.6 Å². The van der Waals surface area contributed by atoms with Gasteiger partial charge in [-0.3, -0.25) is 4.79 Å². The molecule has 37 heavy (non-hydrogen) atoms. The highest BCUT2D eigenvalue weighted by molar-refractivity contribution is 5.89. The van der Waals surface area contributed by atoms with Gasteiger partial charge in [-0.05, 0) is 41.7 Å². The predicted octanol–water partition coefficient (Wildman–Crippen LogP) is 4.09. The maximum absolute atomic E-state index is 12.7. The second-order valence-electron chi connectivity index (χ2n) is 9.02. The van der Waals surface area contributed by atoms with E-state index >= 15 is 0 Å². The molecule has 0 spiro atoms. The van der Waals surface area contributed by atoms with Crippen molar-refractivity contribution in [2.45, 2.75) is 44.6 Å². The molecule has 3 atom stereocenters. The third-order valence-electron chi connectivity index (χ3n) is 6.46. The molecule has 0 saturated carbocycles. The van der Waals surface area contributed by atoms with Crippen molar-refractivity contribution in [3.05, 3.63) is 95.6 Å². The molecule has 0 bridgehead atoms. The van der Waals surface area contributed by atoms with Crippen LogP contribution in [0.5, 0.6) is 0 Å². The van der Waals surface area contributed by atoms with Gasteiger partial charge in [-0.15, -0.1) is 0 Å². The number of hydrogen-bond acceptors (Lipinski definition) is 5. The molecule has 3 aromatic carbocycles. The number of amides is 2. The highest BCUT2D eigenvalue weighted by Gasteiger charge is 2.31. The number of benzene rings is 3. The van der Waals surface area contributed by atoms with Crippen LogP contribution in [0.25, 0.3) is 11.1 Å². The molecule has 4 rings (SSSR count). The molecule has 0 saturated heterocycles. The first-order valence-corrected chi connectivity index (χ1v) is 12.2. The molecule has 0 heterocycles. The zero-order valence-corrected chi connectivity index (χ0v) is 20.7. The molecule has 0 fully saturated rings. The maximum Gasteiger partial charge on any atom is 0.407 e. The first-order valence-electron chi connectivity index (χ1n) is 12.2.